The number of aryl methyl sites for hydroxylation is 1. The van der Waals surface area contributed by atoms with Crippen LogP contribution in [0.3, 0.4) is 0 Å². The van der Waals surface area contributed by atoms with Crippen molar-refractivity contribution in [3.8, 4) is 0 Å². The fraction of sp³-hybridized carbons (Fsp3) is 0.200. The van der Waals surface area contributed by atoms with E-state index in [1.54, 1.807) is 6.20 Å². The molecule has 1 aromatic carbocycles. The number of nitrogens with zero attached hydrogens (tertiary/aromatic N) is 5. The van der Waals surface area contributed by atoms with Crippen LogP contribution in [0.15, 0.2) is 36.8 Å². The number of hydrogen-bond acceptors (Lipinski definition) is 5. The average Bonchev–Trinajstić information content (AvgIpc) is 3.12. The lowest BCUT2D eigenvalue weighted by Crippen LogP contribution is -2.12. The van der Waals surface area contributed by atoms with Gasteiger partial charge in [0.15, 0.2) is 5.65 Å². The van der Waals surface area contributed by atoms with Crippen molar-refractivity contribution < 1.29 is 0 Å². The quantitative estimate of drug-likeness (QED) is 0.602. The molecular formula is C15H15N7. The predicted molar refractivity (Wildman–Crippen MR) is 84.6 cm³/mol. The van der Waals surface area contributed by atoms with E-state index in [0.717, 1.165) is 46.8 Å². The highest BCUT2D eigenvalue weighted by molar-refractivity contribution is 5.85. The van der Waals surface area contributed by atoms with Crippen LogP contribution in [0.4, 0.5) is 5.82 Å². The van der Waals surface area contributed by atoms with E-state index in [1.165, 1.54) is 6.33 Å². The predicted octanol–water partition coefficient (Wildman–Crippen LogP) is 2.12. The summed E-state index contributed by atoms with van der Waals surface area (Å²) in [5.41, 5.74) is 2.92. The molecular weight excluding hydrogens is 278 g/mol. The maximum Gasteiger partial charge on any atom is 0.160 e. The summed E-state index contributed by atoms with van der Waals surface area (Å²) in [5.74, 6) is 1.81. The van der Waals surface area contributed by atoms with E-state index in [2.05, 4.69) is 41.1 Å². The third-order valence-electron chi connectivity index (χ3n) is 3.72. The lowest BCUT2D eigenvalue weighted by Gasteiger charge is -2.09. The molecule has 0 aliphatic rings. The number of H-pyrrole nitrogens is 1. The molecule has 3 heterocycles. The minimum Gasteiger partial charge on any atom is -0.368 e. The number of nitrogens with one attached hydrogen (secondary N) is 2. The molecule has 7 nitrogen and oxygen atoms in total. The van der Waals surface area contributed by atoms with E-state index in [1.807, 2.05) is 25.1 Å². The van der Waals surface area contributed by atoms with Gasteiger partial charge in [-0.3, -0.25) is 5.10 Å². The minimum absolute atomic E-state index is 0.738. The molecule has 110 valence electrons. The van der Waals surface area contributed by atoms with Crippen molar-refractivity contribution >= 4 is 27.9 Å². The van der Waals surface area contributed by atoms with E-state index in [-0.39, 0.29) is 0 Å². The van der Waals surface area contributed by atoms with E-state index < -0.39 is 0 Å². The zero-order valence-electron chi connectivity index (χ0n) is 12.1. The van der Waals surface area contributed by atoms with Gasteiger partial charge in [0.2, 0.25) is 0 Å². The fourth-order valence-corrected chi connectivity index (χ4v) is 2.67. The first-order chi connectivity index (χ1) is 10.8. The van der Waals surface area contributed by atoms with Gasteiger partial charge in [-0.1, -0.05) is 12.1 Å². The van der Waals surface area contributed by atoms with Crippen LogP contribution in [0.2, 0.25) is 0 Å². The average molecular weight is 293 g/mol. The summed E-state index contributed by atoms with van der Waals surface area (Å²) in [6, 6.07) is 8.17. The number of imidazole rings is 1. The zero-order chi connectivity index (χ0) is 14.9. The van der Waals surface area contributed by atoms with Gasteiger partial charge >= 0.3 is 0 Å². The van der Waals surface area contributed by atoms with Crippen molar-refractivity contribution in [2.45, 2.75) is 13.5 Å². The number of para-hydroxylation sites is 2. The van der Waals surface area contributed by atoms with E-state index >= 15 is 0 Å². The molecule has 0 saturated carbocycles. The summed E-state index contributed by atoms with van der Waals surface area (Å²) in [7, 11) is 0. The Bertz CT molecular complexity index is 937. The summed E-state index contributed by atoms with van der Waals surface area (Å²) in [4.78, 5) is 13.0. The molecule has 0 unspecified atom stereocenters. The molecule has 0 aliphatic heterocycles. The van der Waals surface area contributed by atoms with Gasteiger partial charge < -0.3 is 9.88 Å². The lowest BCUT2D eigenvalue weighted by molar-refractivity contribution is 0.720. The third kappa shape index (κ3) is 2.07. The fourth-order valence-electron chi connectivity index (χ4n) is 2.67. The third-order valence-corrected chi connectivity index (χ3v) is 3.72. The molecule has 0 atom stereocenters. The number of benzene rings is 1. The molecule has 0 bridgehead atoms. The monoisotopic (exact) mass is 293 g/mol. The van der Waals surface area contributed by atoms with Crippen LogP contribution in [-0.4, -0.2) is 36.3 Å². The van der Waals surface area contributed by atoms with Crippen LogP contribution in [0.25, 0.3) is 22.1 Å². The summed E-state index contributed by atoms with van der Waals surface area (Å²) in [5, 5.41) is 11.1. The topological polar surface area (TPSA) is 84.3 Å². The molecule has 0 fully saturated rings. The van der Waals surface area contributed by atoms with Crippen LogP contribution in [0, 0.1) is 6.92 Å². The van der Waals surface area contributed by atoms with Gasteiger partial charge in [0.05, 0.1) is 22.6 Å². The molecule has 4 rings (SSSR count). The second-order valence-corrected chi connectivity index (χ2v) is 5.08. The van der Waals surface area contributed by atoms with Gasteiger partial charge in [-0.05, 0) is 19.1 Å². The van der Waals surface area contributed by atoms with E-state index in [9.17, 15) is 0 Å². The molecule has 22 heavy (non-hydrogen) atoms. The SMILES string of the molecule is Cc1nc2ccccc2n1CCNc1ncnc2[nH]ncc12. The van der Waals surface area contributed by atoms with Crippen LogP contribution >= 0.6 is 0 Å². The number of rotatable bonds is 4. The van der Waals surface area contributed by atoms with Crippen molar-refractivity contribution in [1.29, 1.82) is 0 Å². The molecule has 0 radical (unpaired) electrons. The highest BCUT2D eigenvalue weighted by Crippen LogP contribution is 2.17. The first kappa shape index (κ1) is 12.8. The molecule has 2 N–H and O–H groups in total. The highest BCUT2D eigenvalue weighted by Gasteiger charge is 2.07. The van der Waals surface area contributed by atoms with Gasteiger partial charge in [0.25, 0.3) is 0 Å². The van der Waals surface area contributed by atoms with E-state index in [4.69, 9.17) is 0 Å². The largest absolute Gasteiger partial charge is 0.368 e. The van der Waals surface area contributed by atoms with E-state index in [0.29, 0.717) is 0 Å². The molecule has 4 aromatic rings. The molecule has 0 saturated heterocycles. The summed E-state index contributed by atoms with van der Waals surface area (Å²) in [6.45, 7) is 3.59. The Hall–Kier alpha value is -2.96. The van der Waals surface area contributed by atoms with Crippen LogP contribution in [0.5, 0.6) is 0 Å². The number of aromatic nitrogens is 6. The normalized spacial score (nSPS) is 11.3. The van der Waals surface area contributed by atoms with Gasteiger partial charge in [-0.2, -0.15) is 5.10 Å². The van der Waals surface area contributed by atoms with Crippen molar-refractivity contribution in [3.63, 3.8) is 0 Å². The minimum atomic E-state index is 0.738. The van der Waals surface area contributed by atoms with Crippen LogP contribution < -0.4 is 5.32 Å². The number of aromatic amines is 1. The van der Waals surface area contributed by atoms with Crippen molar-refractivity contribution in [1.82, 2.24) is 29.7 Å². The number of anilines is 1. The maximum absolute atomic E-state index is 4.57. The molecule has 7 heteroatoms. The Morgan fingerprint density at radius 2 is 2.14 bits per heavy atom. The zero-order valence-corrected chi connectivity index (χ0v) is 12.1. The molecule has 0 spiro atoms. The Kier molecular flexibility index (Phi) is 2.96. The molecule has 0 amide bonds. The Morgan fingerprint density at radius 1 is 1.23 bits per heavy atom. The standard InChI is InChI=1S/C15H15N7/c1-10-20-12-4-2-3-5-13(12)22(10)7-6-16-14-11-8-19-21-15(11)18-9-17-14/h2-5,8-9H,6-7H2,1H3,(H2,16,17,18,19,21). The molecule has 3 aromatic heterocycles. The van der Waals surface area contributed by atoms with Crippen molar-refractivity contribution in [2.75, 3.05) is 11.9 Å². The summed E-state index contributed by atoms with van der Waals surface area (Å²) >= 11 is 0. The molecule has 0 aliphatic carbocycles. The maximum atomic E-state index is 4.57. The summed E-state index contributed by atoms with van der Waals surface area (Å²) in [6.07, 6.45) is 3.26. The Labute approximate surface area is 126 Å². The first-order valence-corrected chi connectivity index (χ1v) is 7.13. The van der Waals surface area contributed by atoms with Crippen molar-refractivity contribution in [3.05, 3.63) is 42.6 Å². The number of fused-ring (bicyclic) bond motifs is 2. The van der Waals surface area contributed by atoms with Gasteiger partial charge in [-0.15, -0.1) is 0 Å². The smallest absolute Gasteiger partial charge is 0.160 e. The van der Waals surface area contributed by atoms with Gasteiger partial charge in [0, 0.05) is 13.1 Å². The van der Waals surface area contributed by atoms with Crippen LogP contribution in [0.1, 0.15) is 5.82 Å². The highest BCUT2D eigenvalue weighted by atomic mass is 15.2. The number of hydrogen-bond donors (Lipinski definition) is 2. The lowest BCUT2D eigenvalue weighted by atomic mass is 10.3. The second-order valence-electron chi connectivity index (χ2n) is 5.08. The summed E-state index contributed by atoms with van der Waals surface area (Å²) < 4.78 is 2.20. The van der Waals surface area contributed by atoms with Gasteiger partial charge in [-0.25, -0.2) is 15.0 Å². The van der Waals surface area contributed by atoms with Crippen LogP contribution in [-0.2, 0) is 6.54 Å². The first-order valence-electron chi connectivity index (χ1n) is 7.13. The second kappa shape index (κ2) is 5.10. The van der Waals surface area contributed by atoms with Crippen molar-refractivity contribution in [2.24, 2.45) is 0 Å². The van der Waals surface area contributed by atoms with Gasteiger partial charge in [0.1, 0.15) is 18.0 Å². The Morgan fingerprint density at radius 3 is 3.09 bits per heavy atom. The Balaban J connectivity index is 1.55.